The van der Waals surface area contributed by atoms with Gasteiger partial charge in [-0.2, -0.15) is 13.2 Å². The molecule has 2 aromatic carbocycles. The number of likely N-dealkylation sites (tertiary alicyclic amines) is 1. The highest BCUT2D eigenvalue weighted by Gasteiger charge is 2.56. The van der Waals surface area contributed by atoms with Crippen molar-refractivity contribution in [1.29, 1.82) is 0 Å². The van der Waals surface area contributed by atoms with Crippen LogP contribution in [0.5, 0.6) is 17.2 Å². The topological polar surface area (TPSA) is 105 Å². The lowest BCUT2D eigenvalue weighted by Crippen LogP contribution is -2.69. The zero-order valence-electron chi connectivity index (χ0n) is 27.8. The van der Waals surface area contributed by atoms with Gasteiger partial charge < -0.3 is 34.0 Å². The Morgan fingerprint density at radius 1 is 0.941 bits per heavy atom. The number of anilines is 1. The van der Waals surface area contributed by atoms with Crippen LogP contribution in [-0.4, -0.2) is 95.6 Å². The van der Waals surface area contributed by atoms with Crippen molar-refractivity contribution >= 4 is 17.5 Å². The molecule has 3 aromatic rings. The number of carbonyl (C=O) groups is 2. The summed E-state index contributed by atoms with van der Waals surface area (Å²) in [5.41, 5.74) is -2.87. The normalized spacial score (nSPS) is 19.8. The average Bonchev–Trinajstić information content (AvgIpc) is 3.11. The van der Waals surface area contributed by atoms with Crippen LogP contribution in [0.25, 0.3) is 0 Å². The quantitative estimate of drug-likeness (QED) is 0.243. The predicted molar refractivity (Wildman–Crippen MR) is 173 cm³/mol. The smallest absolute Gasteiger partial charge is 0.489 e. The molecule has 1 aromatic heterocycles. The van der Waals surface area contributed by atoms with Gasteiger partial charge in [-0.1, -0.05) is 25.5 Å². The van der Waals surface area contributed by atoms with Gasteiger partial charge in [0.1, 0.15) is 23.9 Å². The third-order valence-electron chi connectivity index (χ3n) is 8.88. The molecule has 2 aliphatic heterocycles. The summed E-state index contributed by atoms with van der Waals surface area (Å²) in [5, 5.41) is 9.24. The van der Waals surface area contributed by atoms with Crippen molar-refractivity contribution < 1.29 is 55.2 Å². The van der Waals surface area contributed by atoms with Crippen LogP contribution in [0.2, 0.25) is 0 Å². The Kier molecular flexibility index (Phi) is 11.5. The summed E-state index contributed by atoms with van der Waals surface area (Å²) in [6.45, 7) is 2.92. The molecule has 276 valence electrons. The highest BCUT2D eigenvalue weighted by atomic mass is 19.4. The number of carbonyl (C=O) groups excluding carboxylic acids is 2. The van der Waals surface area contributed by atoms with Crippen molar-refractivity contribution in [2.75, 3.05) is 50.8 Å². The fraction of sp³-hybridized carbons (Fsp3) is 0.457. The number of benzene rings is 2. The maximum absolute atomic E-state index is 14.8. The van der Waals surface area contributed by atoms with Gasteiger partial charge >= 0.3 is 12.5 Å². The van der Waals surface area contributed by atoms with Gasteiger partial charge in [0.25, 0.3) is 11.8 Å². The Morgan fingerprint density at radius 3 is 2.27 bits per heavy atom. The van der Waals surface area contributed by atoms with E-state index in [1.807, 2.05) is 17.0 Å². The lowest BCUT2D eigenvalue weighted by molar-refractivity contribution is -0.274. The molecule has 2 amide bonds. The van der Waals surface area contributed by atoms with Gasteiger partial charge in [0.15, 0.2) is 0 Å². The number of rotatable bonds is 11. The first-order valence-electron chi connectivity index (χ1n) is 16.5. The number of pyridine rings is 1. The SMILES string of the molecule is CCC[C@H]1N(C(=O)c2cnccc2C(F)(F)F)CCC[C@@]1(Oc1ccc(OC(F)(F)F)cc1)C(=O)N1CCN(c2ccccc2OCCO)CC1. The first-order chi connectivity index (χ1) is 24.3. The van der Waals surface area contributed by atoms with E-state index in [2.05, 4.69) is 9.72 Å². The molecule has 0 bridgehead atoms. The number of ether oxygens (including phenoxy) is 3. The summed E-state index contributed by atoms with van der Waals surface area (Å²) >= 11 is 0. The highest BCUT2D eigenvalue weighted by molar-refractivity contribution is 5.97. The van der Waals surface area contributed by atoms with E-state index in [1.54, 1.807) is 24.0 Å². The predicted octanol–water partition coefficient (Wildman–Crippen LogP) is 5.94. The van der Waals surface area contributed by atoms with E-state index in [9.17, 15) is 41.0 Å². The molecule has 5 rings (SSSR count). The zero-order chi connectivity index (χ0) is 36.8. The molecule has 0 unspecified atom stereocenters. The van der Waals surface area contributed by atoms with Crippen LogP contribution in [-0.2, 0) is 11.0 Å². The van der Waals surface area contributed by atoms with Crippen LogP contribution in [0.4, 0.5) is 32.0 Å². The van der Waals surface area contributed by atoms with Gasteiger partial charge in [0.2, 0.25) is 5.60 Å². The lowest BCUT2D eigenvalue weighted by atomic mass is 9.79. The third-order valence-corrected chi connectivity index (χ3v) is 8.88. The minimum Gasteiger partial charge on any atom is -0.489 e. The minimum atomic E-state index is -4.94. The molecule has 16 heteroatoms. The number of hydrogen-bond donors (Lipinski definition) is 1. The number of aliphatic hydroxyl groups excluding tert-OH is 1. The Morgan fingerprint density at radius 2 is 1.63 bits per heavy atom. The van der Waals surface area contributed by atoms with Crippen molar-refractivity contribution in [3.05, 3.63) is 78.1 Å². The molecular formula is C35H38F6N4O6. The minimum absolute atomic E-state index is 0.0132. The monoisotopic (exact) mass is 724 g/mol. The molecule has 0 aliphatic carbocycles. The second-order valence-electron chi connectivity index (χ2n) is 12.2. The van der Waals surface area contributed by atoms with Crippen molar-refractivity contribution in [3.8, 4) is 17.2 Å². The first-order valence-corrected chi connectivity index (χ1v) is 16.5. The lowest BCUT2D eigenvalue weighted by Gasteiger charge is -2.51. The molecule has 2 aliphatic rings. The number of nitrogens with zero attached hydrogens (tertiary/aromatic N) is 4. The van der Waals surface area contributed by atoms with Crippen molar-refractivity contribution in [1.82, 2.24) is 14.8 Å². The molecule has 10 nitrogen and oxygen atoms in total. The highest BCUT2D eigenvalue weighted by Crippen LogP contribution is 2.40. The van der Waals surface area contributed by atoms with E-state index in [0.29, 0.717) is 25.3 Å². The van der Waals surface area contributed by atoms with Gasteiger partial charge in [0, 0.05) is 51.5 Å². The van der Waals surface area contributed by atoms with Gasteiger partial charge in [-0.05, 0) is 55.3 Å². The summed E-state index contributed by atoms with van der Waals surface area (Å²) in [6.07, 6.45) is -7.14. The van der Waals surface area contributed by atoms with Crippen LogP contribution < -0.4 is 19.1 Å². The van der Waals surface area contributed by atoms with Crippen molar-refractivity contribution in [2.24, 2.45) is 0 Å². The molecule has 3 heterocycles. The summed E-state index contributed by atoms with van der Waals surface area (Å²) in [7, 11) is 0. The maximum Gasteiger partial charge on any atom is 0.573 e. The molecule has 2 fully saturated rings. The number of halogens is 6. The largest absolute Gasteiger partial charge is 0.573 e. The Bertz CT molecular complexity index is 1650. The summed E-state index contributed by atoms with van der Waals surface area (Å²) < 4.78 is 96.8. The van der Waals surface area contributed by atoms with Gasteiger partial charge in [-0.3, -0.25) is 14.6 Å². The van der Waals surface area contributed by atoms with E-state index in [4.69, 9.17) is 9.47 Å². The number of hydrogen-bond acceptors (Lipinski definition) is 8. The maximum atomic E-state index is 14.8. The molecule has 0 spiro atoms. The number of alkyl halides is 6. The van der Waals surface area contributed by atoms with Crippen molar-refractivity contribution in [2.45, 2.75) is 56.8 Å². The van der Waals surface area contributed by atoms with E-state index < -0.39 is 52.9 Å². The summed E-state index contributed by atoms with van der Waals surface area (Å²) in [6, 6.07) is 11.4. The number of para-hydroxylation sites is 2. The van der Waals surface area contributed by atoms with E-state index in [1.165, 1.54) is 17.0 Å². The van der Waals surface area contributed by atoms with Crippen LogP contribution >= 0.6 is 0 Å². The standard InChI is InChI=1S/C35H38F6N4O6/c1-2-6-30-33(50-24-9-11-25(12-10-24)51-35(39,40)41,14-5-16-45(30)31(47)26-23-42-15-13-27(26)34(36,37)38)32(48)44-19-17-43(18-20-44)28-7-3-4-8-29(28)49-22-21-46/h3-4,7-13,15,23,30,46H,2,5-6,14,16-22H2,1H3/t30-,33+/m1/s1. The van der Waals surface area contributed by atoms with Crippen molar-refractivity contribution in [3.63, 3.8) is 0 Å². The molecule has 0 radical (unpaired) electrons. The van der Waals surface area contributed by atoms with Crippen LogP contribution in [0.3, 0.4) is 0 Å². The summed E-state index contributed by atoms with van der Waals surface area (Å²) in [5.74, 6) is -1.41. The molecule has 1 N–H and O–H groups in total. The Labute approximate surface area is 290 Å². The third kappa shape index (κ3) is 8.60. The van der Waals surface area contributed by atoms with Gasteiger partial charge in [-0.25, -0.2) is 0 Å². The van der Waals surface area contributed by atoms with Crippen LogP contribution in [0.15, 0.2) is 67.0 Å². The average molecular weight is 725 g/mol. The molecule has 2 atom stereocenters. The van der Waals surface area contributed by atoms with E-state index >= 15 is 0 Å². The van der Waals surface area contributed by atoms with Gasteiger partial charge in [-0.15, -0.1) is 13.2 Å². The van der Waals surface area contributed by atoms with Gasteiger partial charge in [0.05, 0.1) is 29.5 Å². The second kappa shape index (κ2) is 15.7. The molecular weight excluding hydrogens is 686 g/mol. The number of piperidine rings is 1. The number of piperazine rings is 1. The zero-order valence-corrected chi connectivity index (χ0v) is 27.8. The molecule has 2 saturated heterocycles. The Balaban J connectivity index is 1.49. The van der Waals surface area contributed by atoms with E-state index in [-0.39, 0.29) is 57.9 Å². The number of aliphatic hydroxyl groups is 1. The summed E-state index contributed by atoms with van der Waals surface area (Å²) in [4.78, 5) is 37.5. The second-order valence-corrected chi connectivity index (χ2v) is 12.2. The Hall–Kier alpha value is -4.73. The van der Waals surface area contributed by atoms with Crippen LogP contribution in [0.1, 0.15) is 48.5 Å². The van der Waals surface area contributed by atoms with Crippen LogP contribution in [0, 0.1) is 0 Å². The fourth-order valence-electron chi connectivity index (χ4n) is 6.70. The number of aromatic nitrogens is 1. The molecule has 51 heavy (non-hydrogen) atoms. The number of amides is 2. The van der Waals surface area contributed by atoms with E-state index in [0.717, 1.165) is 36.3 Å². The first kappa shape index (κ1) is 37.5. The molecule has 0 saturated carbocycles. The fourth-order valence-corrected chi connectivity index (χ4v) is 6.70.